The Morgan fingerprint density at radius 1 is 1.75 bits per heavy atom. The van der Waals surface area contributed by atoms with Crippen LogP contribution in [0.5, 0.6) is 0 Å². The monoisotopic (exact) mass is 133 g/mol. The lowest BCUT2D eigenvalue weighted by atomic mass is 10.6. The van der Waals surface area contributed by atoms with E-state index in [0.717, 1.165) is 13.0 Å². The van der Waals surface area contributed by atoms with Crippen LogP contribution in [0.25, 0.3) is 0 Å². The van der Waals surface area contributed by atoms with Gasteiger partial charge in [0, 0.05) is 18.6 Å². The molecule has 0 aromatic rings. The third kappa shape index (κ3) is 1.38. The maximum Gasteiger partial charge on any atom is 0.210 e. The molecular weight excluding hydrogens is 126 g/mol. The summed E-state index contributed by atoms with van der Waals surface area (Å²) in [6, 6.07) is 0. The molecule has 0 aromatic carbocycles. The molecule has 0 saturated carbocycles. The standard InChI is InChI=1S/C4H7NO2S/c6-3-5-1-2-7-8-4-5/h3H,1-2,4H2. The zero-order valence-corrected chi connectivity index (χ0v) is 5.19. The molecule has 0 radical (unpaired) electrons. The normalized spacial score (nSPS) is 20.8. The smallest absolute Gasteiger partial charge is 0.210 e. The van der Waals surface area contributed by atoms with Crippen LogP contribution in [-0.4, -0.2) is 30.3 Å². The number of hydrogen-bond acceptors (Lipinski definition) is 3. The van der Waals surface area contributed by atoms with E-state index in [4.69, 9.17) is 4.18 Å². The lowest BCUT2D eigenvalue weighted by Gasteiger charge is -2.20. The maximum atomic E-state index is 10.0. The molecule has 0 unspecified atom stereocenters. The van der Waals surface area contributed by atoms with Crippen LogP contribution < -0.4 is 0 Å². The fourth-order valence-corrected chi connectivity index (χ4v) is 1.06. The summed E-state index contributed by atoms with van der Waals surface area (Å²) in [5.41, 5.74) is 0. The minimum Gasteiger partial charge on any atom is -0.331 e. The van der Waals surface area contributed by atoms with Crippen molar-refractivity contribution in [3.63, 3.8) is 0 Å². The van der Waals surface area contributed by atoms with Crippen molar-refractivity contribution in [1.82, 2.24) is 4.90 Å². The summed E-state index contributed by atoms with van der Waals surface area (Å²) in [6.45, 7) is 1.39. The van der Waals surface area contributed by atoms with Gasteiger partial charge in [-0.1, -0.05) is 0 Å². The van der Waals surface area contributed by atoms with Gasteiger partial charge in [0.15, 0.2) is 0 Å². The van der Waals surface area contributed by atoms with Crippen molar-refractivity contribution in [1.29, 1.82) is 0 Å². The van der Waals surface area contributed by atoms with E-state index in [2.05, 4.69) is 0 Å². The Bertz CT molecular complexity index is 82.1. The van der Waals surface area contributed by atoms with E-state index in [-0.39, 0.29) is 0 Å². The third-order valence-corrected chi connectivity index (χ3v) is 1.68. The first kappa shape index (κ1) is 5.91. The highest BCUT2D eigenvalue weighted by molar-refractivity contribution is 7.94. The first-order valence-electron chi connectivity index (χ1n) is 2.37. The minimum atomic E-state index is 0.656. The molecule has 0 atom stereocenters. The van der Waals surface area contributed by atoms with Crippen molar-refractivity contribution < 1.29 is 8.98 Å². The second-order valence-electron chi connectivity index (χ2n) is 1.49. The van der Waals surface area contributed by atoms with E-state index >= 15 is 0 Å². The van der Waals surface area contributed by atoms with Crippen molar-refractivity contribution in [2.75, 3.05) is 19.0 Å². The average Bonchev–Trinajstić information content (AvgIpc) is 1.90. The molecule has 0 aliphatic carbocycles. The molecule has 1 amide bonds. The molecule has 0 spiro atoms. The van der Waals surface area contributed by atoms with Gasteiger partial charge in [0.25, 0.3) is 0 Å². The summed E-state index contributed by atoms with van der Waals surface area (Å²) in [5, 5.41) is 0. The van der Waals surface area contributed by atoms with Crippen LogP contribution in [0.15, 0.2) is 0 Å². The predicted molar refractivity (Wildman–Crippen MR) is 31.2 cm³/mol. The topological polar surface area (TPSA) is 29.5 Å². The van der Waals surface area contributed by atoms with Crippen molar-refractivity contribution in [3.05, 3.63) is 0 Å². The molecule has 1 rings (SSSR count). The Kier molecular flexibility index (Phi) is 2.17. The van der Waals surface area contributed by atoms with E-state index in [1.54, 1.807) is 4.90 Å². The van der Waals surface area contributed by atoms with Gasteiger partial charge in [-0.05, 0) is 0 Å². The summed E-state index contributed by atoms with van der Waals surface area (Å²) in [4.78, 5) is 11.7. The Hall–Kier alpha value is -0.220. The molecule has 0 bridgehead atoms. The van der Waals surface area contributed by atoms with Gasteiger partial charge >= 0.3 is 0 Å². The zero-order chi connectivity index (χ0) is 5.82. The lowest BCUT2D eigenvalue weighted by molar-refractivity contribution is -0.118. The van der Waals surface area contributed by atoms with Gasteiger partial charge in [0.05, 0.1) is 12.5 Å². The van der Waals surface area contributed by atoms with Crippen LogP contribution in [0.1, 0.15) is 0 Å². The first-order chi connectivity index (χ1) is 3.93. The van der Waals surface area contributed by atoms with Gasteiger partial charge in [-0.2, -0.15) is 0 Å². The van der Waals surface area contributed by atoms with E-state index in [1.165, 1.54) is 12.0 Å². The molecule has 3 nitrogen and oxygen atoms in total. The van der Waals surface area contributed by atoms with Gasteiger partial charge < -0.3 is 9.08 Å². The summed E-state index contributed by atoms with van der Waals surface area (Å²) >= 11 is 1.32. The van der Waals surface area contributed by atoms with E-state index in [9.17, 15) is 4.79 Å². The molecule has 8 heavy (non-hydrogen) atoms. The highest BCUT2D eigenvalue weighted by Gasteiger charge is 2.06. The summed E-state index contributed by atoms with van der Waals surface area (Å²) < 4.78 is 4.92. The fraction of sp³-hybridized carbons (Fsp3) is 0.750. The molecule has 46 valence electrons. The number of carbonyl (C=O) groups excluding carboxylic acids is 1. The number of hydrogen-bond donors (Lipinski definition) is 0. The van der Waals surface area contributed by atoms with E-state index < -0.39 is 0 Å². The fourth-order valence-electron chi connectivity index (χ4n) is 0.466. The van der Waals surface area contributed by atoms with Crippen LogP contribution in [0, 0.1) is 0 Å². The average molecular weight is 133 g/mol. The molecule has 0 aromatic heterocycles. The van der Waals surface area contributed by atoms with Crippen LogP contribution in [0.3, 0.4) is 0 Å². The molecule has 1 fully saturated rings. The van der Waals surface area contributed by atoms with Crippen molar-refractivity contribution in [2.24, 2.45) is 0 Å². The van der Waals surface area contributed by atoms with E-state index in [0.29, 0.717) is 12.5 Å². The first-order valence-corrected chi connectivity index (χ1v) is 3.28. The van der Waals surface area contributed by atoms with Crippen LogP contribution in [0.4, 0.5) is 0 Å². The zero-order valence-electron chi connectivity index (χ0n) is 4.37. The molecule has 1 aliphatic heterocycles. The number of amides is 1. The minimum absolute atomic E-state index is 0.656. The third-order valence-electron chi connectivity index (χ3n) is 0.913. The molecule has 1 heterocycles. The highest BCUT2D eigenvalue weighted by atomic mass is 32.2. The lowest BCUT2D eigenvalue weighted by Crippen LogP contribution is -2.29. The van der Waals surface area contributed by atoms with Crippen LogP contribution in [0.2, 0.25) is 0 Å². The quantitative estimate of drug-likeness (QED) is 0.375. The largest absolute Gasteiger partial charge is 0.331 e. The highest BCUT2D eigenvalue weighted by Crippen LogP contribution is 2.08. The Morgan fingerprint density at radius 2 is 2.62 bits per heavy atom. The molecule has 4 heteroatoms. The Labute approximate surface area is 52.2 Å². The second kappa shape index (κ2) is 2.94. The van der Waals surface area contributed by atoms with Crippen LogP contribution in [-0.2, 0) is 8.98 Å². The molecule has 1 saturated heterocycles. The van der Waals surface area contributed by atoms with Crippen molar-refractivity contribution in [2.45, 2.75) is 0 Å². The SMILES string of the molecule is O=CN1CCOSC1. The van der Waals surface area contributed by atoms with Crippen LogP contribution >= 0.6 is 12.0 Å². The molecule has 1 aliphatic rings. The van der Waals surface area contributed by atoms with Crippen molar-refractivity contribution in [3.8, 4) is 0 Å². The summed E-state index contributed by atoms with van der Waals surface area (Å²) in [7, 11) is 0. The van der Waals surface area contributed by atoms with Crippen molar-refractivity contribution >= 4 is 18.5 Å². The van der Waals surface area contributed by atoms with Gasteiger partial charge in [0.1, 0.15) is 0 Å². The van der Waals surface area contributed by atoms with Gasteiger partial charge in [-0.25, -0.2) is 0 Å². The second-order valence-corrected chi connectivity index (χ2v) is 2.22. The number of carbonyl (C=O) groups is 1. The Balaban J connectivity index is 2.22. The molecule has 0 N–H and O–H groups in total. The van der Waals surface area contributed by atoms with Gasteiger partial charge in [-0.15, -0.1) is 0 Å². The Morgan fingerprint density at radius 3 is 3.00 bits per heavy atom. The summed E-state index contributed by atoms with van der Waals surface area (Å²) in [6.07, 6.45) is 0.843. The number of nitrogens with zero attached hydrogens (tertiary/aromatic N) is 1. The maximum absolute atomic E-state index is 10.0. The van der Waals surface area contributed by atoms with Gasteiger partial charge in [-0.3, -0.25) is 4.79 Å². The van der Waals surface area contributed by atoms with E-state index in [1.807, 2.05) is 0 Å². The number of rotatable bonds is 1. The predicted octanol–water partition coefficient (Wildman–Crippen LogP) is 0.0807. The molecular formula is C4H7NO2S. The summed E-state index contributed by atoms with van der Waals surface area (Å²) in [5.74, 6) is 0.670. The van der Waals surface area contributed by atoms with Gasteiger partial charge in [0.2, 0.25) is 6.41 Å².